The Kier molecular flexibility index (Phi) is 9.27. The van der Waals surface area contributed by atoms with E-state index in [1.807, 2.05) is 0 Å². The van der Waals surface area contributed by atoms with Crippen LogP contribution in [0.1, 0.15) is 19.8 Å². The molecule has 0 aromatic carbocycles. The molecule has 0 aliphatic rings. The Bertz CT molecular complexity index is 449. The highest BCUT2D eigenvalue weighted by Crippen LogP contribution is 2.00. The van der Waals surface area contributed by atoms with Crippen LogP contribution in [0.15, 0.2) is 4.99 Å². The average molecular weight is 332 g/mol. The van der Waals surface area contributed by atoms with Gasteiger partial charge in [-0.1, -0.05) is 0 Å². The summed E-state index contributed by atoms with van der Waals surface area (Å²) >= 11 is 0. The van der Waals surface area contributed by atoms with Gasteiger partial charge in [-0.2, -0.15) is 0 Å². The van der Waals surface area contributed by atoms with Gasteiger partial charge in [-0.3, -0.25) is 19.4 Å². The molecule has 2 amide bonds. The molecule has 0 aliphatic carbocycles. The molecule has 0 saturated carbocycles. The van der Waals surface area contributed by atoms with Gasteiger partial charge in [0.15, 0.2) is 5.96 Å². The van der Waals surface area contributed by atoms with E-state index in [2.05, 4.69) is 15.6 Å². The quantitative estimate of drug-likeness (QED) is 0.121. The molecule has 0 spiro atoms. The Morgan fingerprint density at radius 1 is 1.22 bits per heavy atom. The maximum absolute atomic E-state index is 11.9. The van der Waals surface area contributed by atoms with Crippen molar-refractivity contribution >= 4 is 23.7 Å². The van der Waals surface area contributed by atoms with Crippen LogP contribution in [0.25, 0.3) is 0 Å². The van der Waals surface area contributed by atoms with Crippen LogP contribution in [0.5, 0.6) is 0 Å². The molecule has 11 heteroatoms. The van der Waals surface area contributed by atoms with Crippen LogP contribution in [0.3, 0.4) is 0 Å². The van der Waals surface area contributed by atoms with E-state index in [4.69, 9.17) is 22.3 Å². The summed E-state index contributed by atoms with van der Waals surface area (Å²) < 4.78 is 0. The lowest BCUT2D eigenvalue weighted by Crippen LogP contribution is -2.54. The van der Waals surface area contributed by atoms with Crippen LogP contribution in [-0.2, 0) is 14.4 Å². The van der Waals surface area contributed by atoms with Crippen LogP contribution in [0.4, 0.5) is 0 Å². The predicted molar refractivity (Wildman–Crippen MR) is 82.1 cm³/mol. The molecular weight excluding hydrogens is 308 g/mol. The molecule has 11 nitrogen and oxygen atoms in total. The van der Waals surface area contributed by atoms with E-state index in [-0.39, 0.29) is 18.9 Å². The zero-order valence-corrected chi connectivity index (χ0v) is 12.9. The van der Waals surface area contributed by atoms with E-state index in [0.29, 0.717) is 6.42 Å². The number of aliphatic hydroxyl groups is 1. The number of nitrogens with zero attached hydrogens (tertiary/aromatic N) is 1. The minimum atomic E-state index is -1.22. The lowest BCUT2D eigenvalue weighted by Gasteiger charge is -2.21. The lowest BCUT2D eigenvalue weighted by atomic mass is 10.1. The number of carboxylic acids is 1. The second-order valence-corrected chi connectivity index (χ2v) is 4.89. The summed E-state index contributed by atoms with van der Waals surface area (Å²) in [5.74, 6) is -2.72. The zero-order valence-electron chi connectivity index (χ0n) is 12.9. The maximum Gasteiger partial charge on any atom is 0.322 e. The van der Waals surface area contributed by atoms with Crippen LogP contribution in [0.2, 0.25) is 0 Å². The van der Waals surface area contributed by atoms with Gasteiger partial charge in [0.05, 0.1) is 6.10 Å². The Morgan fingerprint density at radius 3 is 2.30 bits per heavy atom. The Balaban J connectivity index is 4.71. The number of carboxylic acid groups (broad SMARTS) is 1. The summed E-state index contributed by atoms with van der Waals surface area (Å²) in [6.07, 6.45) is -0.562. The minimum absolute atomic E-state index is 0.1000. The van der Waals surface area contributed by atoms with Crippen molar-refractivity contribution in [2.45, 2.75) is 38.0 Å². The predicted octanol–water partition coefficient (Wildman–Crippen LogP) is -3.57. The molecule has 0 aromatic heterocycles. The second kappa shape index (κ2) is 10.3. The highest BCUT2D eigenvalue weighted by Gasteiger charge is 2.25. The van der Waals surface area contributed by atoms with Crippen molar-refractivity contribution in [2.75, 3.05) is 13.1 Å². The number of hydrogen-bond donors (Lipinski definition) is 7. The number of hydrogen-bond acceptors (Lipinski definition) is 6. The third-order valence-corrected chi connectivity index (χ3v) is 2.81. The maximum atomic E-state index is 11.9. The van der Waals surface area contributed by atoms with Gasteiger partial charge in [0.2, 0.25) is 11.8 Å². The third-order valence-electron chi connectivity index (χ3n) is 2.81. The highest BCUT2D eigenvalue weighted by atomic mass is 16.4. The van der Waals surface area contributed by atoms with Crippen molar-refractivity contribution in [2.24, 2.45) is 22.2 Å². The lowest BCUT2D eigenvalue weighted by molar-refractivity contribution is -0.138. The van der Waals surface area contributed by atoms with Crippen LogP contribution in [-0.4, -0.2) is 65.2 Å². The number of nitrogens with two attached hydrogens (primary N) is 3. The largest absolute Gasteiger partial charge is 0.480 e. The molecule has 0 heterocycles. The molecule has 0 fully saturated rings. The van der Waals surface area contributed by atoms with Gasteiger partial charge in [-0.05, 0) is 19.8 Å². The standard InChI is InChI=1S/C12H24N6O5/c1-6(19)9(13)11(23)18-7(3-2-4-16-12(14)15)10(22)17-5-8(20)21/h6-7,9,19H,2-5,13H2,1H3,(H,17,22)(H,18,23)(H,20,21)(H4,14,15,16)/t6-,7+,9+/m1/s1. The van der Waals surface area contributed by atoms with Gasteiger partial charge in [-0.25, -0.2) is 0 Å². The van der Waals surface area contributed by atoms with Crippen LogP contribution < -0.4 is 27.8 Å². The second-order valence-electron chi connectivity index (χ2n) is 4.89. The monoisotopic (exact) mass is 332 g/mol. The Labute approximate surface area is 133 Å². The minimum Gasteiger partial charge on any atom is -0.480 e. The van der Waals surface area contributed by atoms with Gasteiger partial charge in [0, 0.05) is 6.54 Å². The van der Waals surface area contributed by atoms with E-state index < -0.39 is 42.5 Å². The number of rotatable bonds is 10. The first-order chi connectivity index (χ1) is 10.6. The zero-order chi connectivity index (χ0) is 18.0. The molecule has 23 heavy (non-hydrogen) atoms. The number of carbonyl (C=O) groups is 3. The topological polar surface area (TPSA) is 206 Å². The number of aliphatic carboxylic acids is 1. The van der Waals surface area contributed by atoms with Gasteiger partial charge in [0.1, 0.15) is 18.6 Å². The molecule has 132 valence electrons. The van der Waals surface area contributed by atoms with Crippen molar-refractivity contribution in [3.8, 4) is 0 Å². The Morgan fingerprint density at radius 2 is 1.83 bits per heavy atom. The first kappa shape index (κ1) is 20.6. The molecule has 0 saturated heterocycles. The number of aliphatic imine (C=N–C) groups is 1. The van der Waals surface area contributed by atoms with Crippen molar-refractivity contribution < 1.29 is 24.6 Å². The number of amides is 2. The number of aliphatic hydroxyl groups excluding tert-OH is 1. The number of carbonyl (C=O) groups excluding carboxylic acids is 2. The van der Waals surface area contributed by atoms with Gasteiger partial charge < -0.3 is 38.0 Å². The molecule has 0 rings (SSSR count). The van der Waals surface area contributed by atoms with Gasteiger partial charge >= 0.3 is 5.97 Å². The molecule has 0 bridgehead atoms. The summed E-state index contributed by atoms with van der Waals surface area (Å²) in [5, 5.41) is 22.4. The third kappa shape index (κ3) is 9.26. The van der Waals surface area contributed by atoms with E-state index in [0.717, 1.165) is 0 Å². The fourth-order valence-electron chi connectivity index (χ4n) is 1.55. The summed E-state index contributed by atoms with van der Waals surface area (Å²) in [6.45, 7) is 0.993. The molecule has 3 atom stereocenters. The summed E-state index contributed by atoms with van der Waals surface area (Å²) in [5.41, 5.74) is 15.8. The molecule has 0 unspecified atom stereocenters. The van der Waals surface area contributed by atoms with Crippen LogP contribution >= 0.6 is 0 Å². The fraction of sp³-hybridized carbons (Fsp3) is 0.667. The molecule has 10 N–H and O–H groups in total. The summed E-state index contributed by atoms with van der Waals surface area (Å²) in [6, 6.07) is -2.22. The van der Waals surface area contributed by atoms with Crippen molar-refractivity contribution in [1.29, 1.82) is 0 Å². The Hall–Kier alpha value is -2.40. The van der Waals surface area contributed by atoms with Gasteiger partial charge in [-0.15, -0.1) is 0 Å². The summed E-state index contributed by atoms with van der Waals surface area (Å²) in [7, 11) is 0. The van der Waals surface area contributed by atoms with Crippen molar-refractivity contribution in [3.63, 3.8) is 0 Å². The van der Waals surface area contributed by atoms with Crippen LogP contribution in [0, 0.1) is 0 Å². The molecule has 0 aromatic rings. The van der Waals surface area contributed by atoms with E-state index in [9.17, 15) is 19.5 Å². The normalized spacial score (nSPS) is 14.2. The number of nitrogens with one attached hydrogen (secondary N) is 2. The molecular formula is C12H24N6O5. The molecule has 0 aliphatic heterocycles. The number of guanidine groups is 1. The van der Waals surface area contributed by atoms with E-state index >= 15 is 0 Å². The van der Waals surface area contributed by atoms with E-state index in [1.165, 1.54) is 6.92 Å². The average Bonchev–Trinajstić information content (AvgIpc) is 2.46. The van der Waals surface area contributed by atoms with Crippen molar-refractivity contribution in [3.05, 3.63) is 0 Å². The molecule has 0 radical (unpaired) electrons. The van der Waals surface area contributed by atoms with Gasteiger partial charge in [0.25, 0.3) is 0 Å². The van der Waals surface area contributed by atoms with E-state index in [1.54, 1.807) is 0 Å². The fourth-order valence-corrected chi connectivity index (χ4v) is 1.55. The SMILES string of the molecule is C[C@@H](O)[C@H](N)C(=O)N[C@@H](CCCN=C(N)N)C(=O)NCC(=O)O. The highest BCUT2D eigenvalue weighted by molar-refractivity contribution is 5.91. The van der Waals surface area contributed by atoms with Crippen molar-refractivity contribution in [1.82, 2.24) is 10.6 Å². The smallest absolute Gasteiger partial charge is 0.322 e. The summed E-state index contributed by atoms with van der Waals surface area (Å²) in [4.78, 5) is 38.0. The first-order valence-corrected chi connectivity index (χ1v) is 6.94. The first-order valence-electron chi connectivity index (χ1n) is 6.94.